The van der Waals surface area contributed by atoms with Crippen molar-refractivity contribution >= 4 is 27.4 Å². The summed E-state index contributed by atoms with van der Waals surface area (Å²) in [5.41, 5.74) is -0.979. The number of rotatable bonds is 5. The van der Waals surface area contributed by atoms with Crippen LogP contribution in [0.2, 0.25) is 0 Å². The zero-order chi connectivity index (χ0) is 19.5. The van der Waals surface area contributed by atoms with Crippen molar-refractivity contribution in [3.63, 3.8) is 0 Å². The molecule has 2 aromatic rings. The lowest BCUT2D eigenvalue weighted by Gasteiger charge is -2.21. The van der Waals surface area contributed by atoms with Crippen molar-refractivity contribution < 1.29 is 18.3 Å². The van der Waals surface area contributed by atoms with Crippen LogP contribution in [-0.4, -0.2) is 40.8 Å². The molecule has 0 saturated carbocycles. The van der Waals surface area contributed by atoms with Gasteiger partial charge in [-0.05, 0) is 32.9 Å². The fourth-order valence-electron chi connectivity index (χ4n) is 2.16. The van der Waals surface area contributed by atoms with Crippen LogP contribution in [0, 0.1) is 20.4 Å². The Morgan fingerprint density at radius 2 is 1.92 bits per heavy atom. The monoisotopic (exact) mass is 374 g/mol. The summed E-state index contributed by atoms with van der Waals surface area (Å²) in [6.07, 6.45) is 1.17. The van der Waals surface area contributed by atoms with Crippen LogP contribution in [0.5, 0.6) is 0 Å². The molecule has 1 aromatic heterocycles. The van der Waals surface area contributed by atoms with Gasteiger partial charge in [0.2, 0.25) is 0 Å². The number of hydrogen-bond donors (Lipinski definition) is 2. The van der Waals surface area contributed by atoms with Gasteiger partial charge in [-0.15, -0.1) is 4.98 Å². The molecule has 0 radical (unpaired) electrons. The lowest BCUT2D eigenvalue weighted by atomic mass is 10.1. The fourth-order valence-corrected chi connectivity index (χ4v) is 3.75. The minimum absolute atomic E-state index is 0.0212. The average Bonchev–Trinajstić information content (AvgIpc) is 2.54. The average molecular weight is 374 g/mol. The van der Waals surface area contributed by atoms with E-state index in [-0.39, 0.29) is 16.5 Å². The van der Waals surface area contributed by atoms with E-state index in [0.717, 1.165) is 12.5 Å². The summed E-state index contributed by atoms with van der Waals surface area (Å²) in [5.74, 6) is -1.61. The van der Waals surface area contributed by atoms with Gasteiger partial charge in [0.1, 0.15) is 0 Å². The van der Waals surface area contributed by atoms with Gasteiger partial charge in [-0.25, -0.2) is 13.4 Å². The van der Waals surface area contributed by atoms with Crippen LogP contribution in [0.3, 0.4) is 0 Å². The van der Waals surface area contributed by atoms with E-state index in [1.54, 1.807) is 19.1 Å². The molecule has 0 aliphatic heterocycles. The molecule has 0 aliphatic carbocycles. The molecular formula is C17H18N4O4S. The number of nitrogens with one attached hydrogen (secondary N) is 1. The smallest absolute Gasteiger partial charge is 0.291 e. The number of anilines is 1. The molecule has 1 heterocycles. The molecule has 0 bridgehead atoms. The van der Waals surface area contributed by atoms with Gasteiger partial charge in [0.25, 0.3) is 11.7 Å². The van der Waals surface area contributed by atoms with Gasteiger partial charge in [0, 0.05) is 0 Å². The second-order valence-electron chi connectivity index (χ2n) is 6.08. The molecule has 1 amide bonds. The van der Waals surface area contributed by atoms with E-state index < -0.39 is 27.1 Å². The van der Waals surface area contributed by atoms with E-state index in [1.807, 2.05) is 6.92 Å². The van der Waals surface area contributed by atoms with Crippen LogP contribution in [0.4, 0.5) is 11.6 Å². The third kappa shape index (κ3) is 4.41. The first kappa shape index (κ1) is 19.5. The van der Waals surface area contributed by atoms with E-state index in [0.29, 0.717) is 5.69 Å². The third-order valence-electron chi connectivity index (χ3n) is 3.61. The minimum atomic E-state index is -3.88. The predicted molar refractivity (Wildman–Crippen MR) is 95.5 cm³/mol. The number of sulfone groups is 1. The van der Waals surface area contributed by atoms with Crippen molar-refractivity contribution in [3.8, 4) is 0 Å². The molecule has 1 atom stereocenters. The first-order valence-electron chi connectivity index (χ1n) is 7.59. The van der Waals surface area contributed by atoms with Crippen LogP contribution in [0.1, 0.15) is 18.2 Å². The van der Waals surface area contributed by atoms with Crippen molar-refractivity contribution in [2.45, 2.75) is 31.3 Å². The number of aliphatic hydroxyl groups is 1. The standard InChI is InChI=1S/C17H18N4O4S/c1-11-5-7-13(8-6-11)26(24,25)10-17(3,23)16(22)21-14-9-19-15(18-4)12(2)20-14/h5-9,23H,10H2,1-3H3,(H,20,21,22)/t17-/m0/s1. The molecule has 8 nitrogen and oxygen atoms in total. The number of amides is 1. The van der Waals surface area contributed by atoms with E-state index in [1.165, 1.54) is 18.3 Å². The Morgan fingerprint density at radius 3 is 2.46 bits per heavy atom. The zero-order valence-electron chi connectivity index (χ0n) is 14.5. The highest BCUT2D eigenvalue weighted by Crippen LogP contribution is 2.20. The molecule has 0 spiro atoms. The molecule has 0 saturated heterocycles. The summed E-state index contributed by atoms with van der Waals surface area (Å²) in [6.45, 7) is 11.4. The summed E-state index contributed by atoms with van der Waals surface area (Å²) in [5, 5.41) is 12.7. The number of carbonyl (C=O) groups is 1. The predicted octanol–water partition coefficient (Wildman–Crippen LogP) is 1.81. The Bertz CT molecular complexity index is 977. The molecule has 136 valence electrons. The summed E-state index contributed by atoms with van der Waals surface area (Å²) >= 11 is 0. The van der Waals surface area contributed by atoms with Gasteiger partial charge < -0.3 is 15.3 Å². The topological polar surface area (TPSA) is 114 Å². The number of benzene rings is 1. The van der Waals surface area contributed by atoms with E-state index >= 15 is 0 Å². The molecule has 0 fully saturated rings. The number of carbonyl (C=O) groups excluding carboxylic acids is 1. The fraction of sp³-hybridized carbons (Fsp3) is 0.294. The lowest BCUT2D eigenvalue weighted by molar-refractivity contribution is -0.130. The Morgan fingerprint density at radius 1 is 1.31 bits per heavy atom. The maximum absolute atomic E-state index is 12.5. The van der Waals surface area contributed by atoms with Crippen LogP contribution >= 0.6 is 0 Å². The second kappa shape index (κ2) is 7.19. The first-order valence-corrected chi connectivity index (χ1v) is 9.25. The van der Waals surface area contributed by atoms with E-state index in [4.69, 9.17) is 6.57 Å². The highest BCUT2D eigenvalue weighted by atomic mass is 32.2. The van der Waals surface area contributed by atoms with E-state index in [9.17, 15) is 18.3 Å². The van der Waals surface area contributed by atoms with Crippen LogP contribution in [-0.2, 0) is 14.6 Å². The Labute approximate surface area is 151 Å². The summed E-state index contributed by atoms with van der Waals surface area (Å²) in [6, 6.07) is 6.13. The van der Waals surface area contributed by atoms with Crippen molar-refractivity contribution in [1.82, 2.24) is 9.97 Å². The van der Waals surface area contributed by atoms with Gasteiger partial charge >= 0.3 is 0 Å². The Kier molecular flexibility index (Phi) is 5.39. The number of aryl methyl sites for hydroxylation is 2. The number of aromatic nitrogens is 2. The van der Waals surface area contributed by atoms with Gasteiger partial charge in [-0.3, -0.25) is 4.79 Å². The SMILES string of the molecule is [C-]#[N+]c1ncc(NC(=O)[C@@](C)(O)CS(=O)(=O)c2ccc(C)cc2)nc1C. The maximum Gasteiger partial charge on any atom is 0.291 e. The third-order valence-corrected chi connectivity index (χ3v) is 5.54. The van der Waals surface area contributed by atoms with Crippen LogP contribution in [0.15, 0.2) is 35.4 Å². The molecule has 26 heavy (non-hydrogen) atoms. The molecule has 0 aliphatic rings. The molecule has 0 unspecified atom stereocenters. The maximum atomic E-state index is 12.5. The highest BCUT2D eigenvalue weighted by Gasteiger charge is 2.37. The highest BCUT2D eigenvalue weighted by molar-refractivity contribution is 7.91. The van der Waals surface area contributed by atoms with Gasteiger partial charge in [-0.2, -0.15) is 0 Å². The van der Waals surface area contributed by atoms with Gasteiger partial charge in [0.05, 0.1) is 16.3 Å². The van der Waals surface area contributed by atoms with Crippen molar-refractivity contribution in [2.75, 3.05) is 11.1 Å². The number of hydrogen-bond acceptors (Lipinski definition) is 6. The summed E-state index contributed by atoms with van der Waals surface area (Å²) < 4.78 is 24.9. The Hall–Kier alpha value is -2.83. The number of nitrogens with zero attached hydrogens (tertiary/aromatic N) is 3. The molecule has 2 rings (SSSR count). The quantitative estimate of drug-likeness (QED) is 0.772. The second-order valence-corrected chi connectivity index (χ2v) is 8.07. The molecule has 2 N–H and O–H groups in total. The molecular weight excluding hydrogens is 356 g/mol. The van der Waals surface area contributed by atoms with Gasteiger partial charge in [-0.1, -0.05) is 24.3 Å². The minimum Gasteiger partial charge on any atom is -0.379 e. The van der Waals surface area contributed by atoms with Crippen molar-refractivity contribution in [2.24, 2.45) is 0 Å². The Balaban J connectivity index is 2.18. The lowest BCUT2D eigenvalue weighted by Crippen LogP contribution is -2.46. The first-order chi connectivity index (χ1) is 12.0. The largest absolute Gasteiger partial charge is 0.379 e. The summed E-state index contributed by atoms with van der Waals surface area (Å²) in [7, 11) is -3.88. The van der Waals surface area contributed by atoms with Gasteiger partial charge in [0.15, 0.2) is 27.5 Å². The molecule has 9 heteroatoms. The van der Waals surface area contributed by atoms with Crippen molar-refractivity contribution in [3.05, 3.63) is 53.1 Å². The van der Waals surface area contributed by atoms with Crippen molar-refractivity contribution in [1.29, 1.82) is 0 Å². The molecule has 1 aromatic carbocycles. The van der Waals surface area contributed by atoms with Crippen LogP contribution in [0.25, 0.3) is 4.85 Å². The van der Waals surface area contributed by atoms with E-state index in [2.05, 4.69) is 20.1 Å². The normalized spacial score (nSPS) is 13.5. The zero-order valence-corrected chi connectivity index (χ0v) is 15.3. The van der Waals surface area contributed by atoms with Crippen LogP contribution < -0.4 is 5.32 Å². The summed E-state index contributed by atoms with van der Waals surface area (Å²) in [4.78, 5) is 23.3.